The number of benzene rings is 3. The van der Waals surface area contributed by atoms with Crippen LogP contribution in [0.2, 0.25) is 10.0 Å². The van der Waals surface area contributed by atoms with Crippen LogP contribution in [0.25, 0.3) is 5.69 Å². The highest BCUT2D eigenvalue weighted by Gasteiger charge is 2.29. The molecule has 5 rings (SSSR count). The average Bonchev–Trinajstić information content (AvgIpc) is 3.36. The van der Waals surface area contributed by atoms with Crippen LogP contribution in [0.15, 0.2) is 85.5 Å². The van der Waals surface area contributed by atoms with E-state index >= 15 is 0 Å². The zero-order valence-electron chi connectivity index (χ0n) is 18.5. The number of aryl methyl sites for hydroxylation is 1. The van der Waals surface area contributed by atoms with Crippen LogP contribution in [-0.2, 0) is 6.54 Å². The second kappa shape index (κ2) is 9.60. The smallest absolute Gasteiger partial charge is 0.0991 e. The number of aromatic nitrogens is 2. The summed E-state index contributed by atoms with van der Waals surface area (Å²) in [6.45, 7) is 5.77. The monoisotopic (exact) mass is 476 g/mol. The SMILES string of the molecule is Cc1ccc(N2CCN(Cc3ccc(-n4ccnc4)cc3)C[C@@H]2c2ccc(Cl)cc2)c(Cl)c1. The fourth-order valence-corrected chi connectivity index (χ4v) is 5.00. The summed E-state index contributed by atoms with van der Waals surface area (Å²) in [6.07, 6.45) is 5.58. The van der Waals surface area contributed by atoms with Crippen LogP contribution in [0, 0.1) is 6.92 Å². The van der Waals surface area contributed by atoms with Crippen molar-refractivity contribution in [3.63, 3.8) is 0 Å². The van der Waals surface area contributed by atoms with Crippen LogP contribution in [0.1, 0.15) is 22.7 Å². The molecule has 1 aromatic heterocycles. The molecule has 1 atom stereocenters. The van der Waals surface area contributed by atoms with Gasteiger partial charge >= 0.3 is 0 Å². The van der Waals surface area contributed by atoms with Crippen molar-refractivity contribution in [2.24, 2.45) is 0 Å². The summed E-state index contributed by atoms with van der Waals surface area (Å²) >= 11 is 12.9. The maximum atomic E-state index is 6.68. The van der Waals surface area contributed by atoms with Gasteiger partial charge in [-0.05, 0) is 60.0 Å². The number of piperazine rings is 1. The fraction of sp³-hybridized carbons (Fsp3) is 0.222. The van der Waals surface area contributed by atoms with Gasteiger partial charge in [0.2, 0.25) is 0 Å². The Morgan fingerprint density at radius 3 is 2.42 bits per heavy atom. The predicted molar refractivity (Wildman–Crippen MR) is 137 cm³/mol. The zero-order chi connectivity index (χ0) is 22.8. The van der Waals surface area contributed by atoms with Gasteiger partial charge in [0, 0.05) is 49.3 Å². The first-order chi connectivity index (χ1) is 16.1. The molecular weight excluding hydrogens is 451 g/mol. The summed E-state index contributed by atoms with van der Waals surface area (Å²) in [5, 5.41) is 1.56. The molecule has 0 unspecified atom stereocenters. The summed E-state index contributed by atoms with van der Waals surface area (Å²) in [6, 6.07) is 23.4. The van der Waals surface area contributed by atoms with Crippen LogP contribution < -0.4 is 4.90 Å². The third-order valence-corrected chi connectivity index (χ3v) is 6.83. The maximum Gasteiger partial charge on any atom is 0.0991 e. The maximum absolute atomic E-state index is 6.68. The summed E-state index contributed by atoms with van der Waals surface area (Å²) < 4.78 is 2.02. The van der Waals surface area contributed by atoms with Crippen molar-refractivity contribution in [3.8, 4) is 5.69 Å². The second-order valence-electron chi connectivity index (χ2n) is 8.59. The van der Waals surface area contributed by atoms with Gasteiger partial charge in [0.15, 0.2) is 0 Å². The van der Waals surface area contributed by atoms with Crippen molar-refractivity contribution in [1.82, 2.24) is 14.5 Å². The van der Waals surface area contributed by atoms with E-state index in [1.807, 2.05) is 35.3 Å². The summed E-state index contributed by atoms with van der Waals surface area (Å²) in [5.41, 5.74) is 5.93. The van der Waals surface area contributed by atoms with E-state index in [0.717, 1.165) is 47.6 Å². The predicted octanol–water partition coefficient (Wildman–Crippen LogP) is 6.55. The Kier molecular flexibility index (Phi) is 6.41. The minimum absolute atomic E-state index is 0.196. The van der Waals surface area contributed by atoms with Gasteiger partial charge in [-0.25, -0.2) is 4.98 Å². The Labute approximate surface area is 205 Å². The highest BCUT2D eigenvalue weighted by Crippen LogP contribution is 2.36. The molecule has 0 radical (unpaired) electrons. The number of rotatable bonds is 5. The summed E-state index contributed by atoms with van der Waals surface area (Å²) in [5.74, 6) is 0. The number of hydrogen-bond donors (Lipinski definition) is 0. The zero-order valence-corrected chi connectivity index (χ0v) is 20.0. The Hall–Kier alpha value is -2.79. The first-order valence-corrected chi connectivity index (χ1v) is 11.9. The average molecular weight is 477 g/mol. The fourth-order valence-electron chi connectivity index (χ4n) is 4.53. The van der Waals surface area contributed by atoms with Crippen molar-refractivity contribution in [1.29, 1.82) is 0 Å². The number of nitrogens with zero attached hydrogens (tertiary/aromatic N) is 4. The summed E-state index contributed by atoms with van der Waals surface area (Å²) in [7, 11) is 0. The van der Waals surface area contributed by atoms with E-state index in [1.54, 1.807) is 6.20 Å². The van der Waals surface area contributed by atoms with E-state index in [0.29, 0.717) is 0 Å². The molecule has 4 nitrogen and oxygen atoms in total. The molecule has 0 spiro atoms. The first kappa shape index (κ1) is 22.0. The van der Waals surface area contributed by atoms with Gasteiger partial charge in [-0.1, -0.05) is 53.5 Å². The quantitative estimate of drug-likeness (QED) is 0.326. The molecule has 168 valence electrons. The largest absolute Gasteiger partial charge is 0.361 e. The molecule has 0 aliphatic carbocycles. The van der Waals surface area contributed by atoms with Crippen LogP contribution >= 0.6 is 23.2 Å². The van der Waals surface area contributed by atoms with E-state index in [4.69, 9.17) is 23.2 Å². The van der Waals surface area contributed by atoms with Crippen LogP contribution in [-0.4, -0.2) is 34.1 Å². The molecule has 4 aromatic rings. The minimum Gasteiger partial charge on any atom is -0.361 e. The van der Waals surface area contributed by atoms with Crippen molar-refractivity contribution >= 4 is 28.9 Å². The lowest BCUT2D eigenvalue weighted by Crippen LogP contribution is -2.48. The highest BCUT2D eigenvalue weighted by molar-refractivity contribution is 6.33. The van der Waals surface area contributed by atoms with E-state index in [2.05, 4.69) is 70.2 Å². The molecule has 1 aliphatic heterocycles. The molecule has 1 fully saturated rings. The summed E-state index contributed by atoms with van der Waals surface area (Å²) in [4.78, 5) is 9.08. The number of anilines is 1. The van der Waals surface area contributed by atoms with Gasteiger partial charge in [-0.15, -0.1) is 0 Å². The lowest BCUT2D eigenvalue weighted by molar-refractivity contribution is 0.215. The highest BCUT2D eigenvalue weighted by atomic mass is 35.5. The van der Waals surface area contributed by atoms with Crippen LogP contribution in [0.3, 0.4) is 0 Å². The second-order valence-corrected chi connectivity index (χ2v) is 9.43. The number of imidazole rings is 1. The van der Waals surface area contributed by atoms with Crippen molar-refractivity contribution in [3.05, 3.63) is 112 Å². The lowest BCUT2D eigenvalue weighted by atomic mass is 10.0. The van der Waals surface area contributed by atoms with Gasteiger partial charge in [0.1, 0.15) is 0 Å². The minimum atomic E-state index is 0.196. The molecule has 0 amide bonds. The van der Waals surface area contributed by atoms with Gasteiger partial charge in [-0.3, -0.25) is 4.90 Å². The van der Waals surface area contributed by atoms with Crippen LogP contribution in [0.4, 0.5) is 5.69 Å². The van der Waals surface area contributed by atoms with Gasteiger partial charge in [0.05, 0.1) is 23.1 Å². The molecule has 0 saturated carbocycles. The standard InChI is InChI=1S/C27H26Cl2N4/c1-20-2-11-26(25(29)16-20)33-15-14-31(18-27(33)22-5-7-23(28)8-6-22)17-21-3-9-24(10-4-21)32-13-12-30-19-32/h2-13,16,19,27H,14-15,17-18H2,1H3/t27-/m1/s1. The molecule has 1 aliphatic rings. The molecule has 3 aromatic carbocycles. The third kappa shape index (κ3) is 4.93. The molecule has 0 bridgehead atoms. The van der Waals surface area contributed by atoms with Crippen LogP contribution in [0.5, 0.6) is 0 Å². The van der Waals surface area contributed by atoms with E-state index in [9.17, 15) is 0 Å². The number of halogens is 2. The van der Waals surface area contributed by atoms with Crippen molar-refractivity contribution in [2.45, 2.75) is 19.5 Å². The molecule has 0 N–H and O–H groups in total. The van der Waals surface area contributed by atoms with Gasteiger partial charge in [-0.2, -0.15) is 0 Å². The van der Waals surface area contributed by atoms with Crippen molar-refractivity contribution < 1.29 is 0 Å². The molecule has 2 heterocycles. The van der Waals surface area contributed by atoms with Gasteiger partial charge < -0.3 is 9.47 Å². The van der Waals surface area contributed by atoms with Crippen molar-refractivity contribution in [2.75, 3.05) is 24.5 Å². The Morgan fingerprint density at radius 2 is 1.73 bits per heavy atom. The third-order valence-electron chi connectivity index (χ3n) is 6.28. The topological polar surface area (TPSA) is 24.3 Å². The first-order valence-electron chi connectivity index (χ1n) is 11.1. The molecule has 1 saturated heterocycles. The molecule has 33 heavy (non-hydrogen) atoms. The Bertz CT molecular complexity index is 1200. The van der Waals surface area contributed by atoms with E-state index < -0.39 is 0 Å². The Balaban J connectivity index is 1.37. The van der Waals surface area contributed by atoms with Gasteiger partial charge in [0.25, 0.3) is 0 Å². The van der Waals surface area contributed by atoms with E-state index in [-0.39, 0.29) is 6.04 Å². The Morgan fingerprint density at radius 1 is 0.939 bits per heavy atom. The lowest BCUT2D eigenvalue weighted by Gasteiger charge is -2.43. The molecular formula is C27H26Cl2N4. The molecule has 6 heteroatoms. The normalized spacial score (nSPS) is 16.8. The van der Waals surface area contributed by atoms with E-state index in [1.165, 1.54) is 16.7 Å². The number of hydrogen-bond acceptors (Lipinski definition) is 3.